The Morgan fingerprint density at radius 1 is 1.28 bits per heavy atom. The maximum atomic E-state index is 13.6. The minimum Gasteiger partial charge on any atom is -0.451 e. The predicted octanol–water partition coefficient (Wildman–Crippen LogP) is 1.87. The molecule has 0 saturated carbocycles. The molecule has 0 amide bonds. The Bertz CT molecular complexity index is 1300. The van der Waals surface area contributed by atoms with Crippen LogP contribution in [0.1, 0.15) is 19.4 Å². The van der Waals surface area contributed by atoms with Crippen molar-refractivity contribution in [3.05, 3.63) is 47.1 Å². The van der Waals surface area contributed by atoms with Crippen LogP contribution in [0.4, 0.5) is 4.79 Å². The van der Waals surface area contributed by atoms with Crippen LogP contribution in [0.15, 0.2) is 41.6 Å². The van der Waals surface area contributed by atoms with Gasteiger partial charge in [-0.15, -0.1) is 5.10 Å². The Kier molecular flexibility index (Phi) is 3.95. The van der Waals surface area contributed by atoms with Gasteiger partial charge in [-0.05, 0) is 25.5 Å². The van der Waals surface area contributed by atoms with Crippen LogP contribution in [-0.4, -0.2) is 54.9 Å². The molecule has 4 aromatic rings. The van der Waals surface area contributed by atoms with E-state index in [0.29, 0.717) is 23.5 Å². The average molecular weight is 394 g/mol. The lowest BCUT2D eigenvalue weighted by Crippen LogP contribution is -2.30. The maximum absolute atomic E-state index is 13.6. The van der Waals surface area contributed by atoms with E-state index in [1.54, 1.807) is 15.3 Å². The Morgan fingerprint density at radius 3 is 2.79 bits per heavy atom. The van der Waals surface area contributed by atoms with Crippen molar-refractivity contribution in [3.63, 3.8) is 0 Å². The molecular formula is C19H18N6O4. The Balaban J connectivity index is 1.81. The summed E-state index contributed by atoms with van der Waals surface area (Å²) in [6.07, 6.45) is 2.99. The van der Waals surface area contributed by atoms with Gasteiger partial charge in [0.1, 0.15) is 23.2 Å². The third kappa shape index (κ3) is 2.56. The molecule has 0 bridgehead atoms. The number of methoxy groups -OCH3 is 1. The second kappa shape index (κ2) is 6.52. The van der Waals surface area contributed by atoms with Crippen molar-refractivity contribution in [2.24, 2.45) is 0 Å². The highest BCUT2D eigenvalue weighted by atomic mass is 16.5. The molecule has 1 saturated heterocycles. The fourth-order valence-corrected chi connectivity index (χ4v) is 3.96. The van der Waals surface area contributed by atoms with Crippen LogP contribution in [0, 0.1) is 0 Å². The van der Waals surface area contributed by atoms with E-state index in [1.807, 2.05) is 31.2 Å². The number of imidazole rings is 1. The topological polar surface area (TPSA) is 106 Å². The Morgan fingerprint density at radius 2 is 2.07 bits per heavy atom. The van der Waals surface area contributed by atoms with Crippen LogP contribution in [0.5, 0.6) is 0 Å². The summed E-state index contributed by atoms with van der Waals surface area (Å²) >= 11 is 0. The molecule has 10 nitrogen and oxygen atoms in total. The lowest BCUT2D eigenvalue weighted by Gasteiger charge is -2.20. The highest BCUT2D eigenvalue weighted by Crippen LogP contribution is 2.30. The number of aromatic nitrogens is 6. The largest absolute Gasteiger partial charge is 0.451 e. The molecule has 0 radical (unpaired) electrons. The zero-order valence-corrected chi connectivity index (χ0v) is 15.8. The van der Waals surface area contributed by atoms with Crippen molar-refractivity contribution in [2.75, 3.05) is 13.7 Å². The van der Waals surface area contributed by atoms with Gasteiger partial charge < -0.3 is 9.47 Å². The van der Waals surface area contributed by atoms with E-state index in [1.165, 1.54) is 13.3 Å². The first-order valence-electron chi connectivity index (χ1n) is 9.23. The van der Waals surface area contributed by atoms with Crippen LogP contribution in [0.2, 0.25) is 0 Å². The average Bonchev–Trinajstić information content (AvgIpc) is 3.47. The number of para-hydroxylation sites is 2. The van der Waals surface area contributed by atoms with Gasteiger partial charge in [-0.2, -0.15) is 4.68 Å². The second-order valence-corrected chi connectivity index (χ2v) is 6.93. The van der Waals surface area contributed by atoms with Crippen LogP contribution in [-0.2, 0) is 9.47 Å². The number of rotatable bonds is 2. The zero-order chi connectivity index (χ0) is 20.1. The fourth-order valence-electron chi connectivity index (χ4n) is 3.96. The second-order valence-electron chi connectivity index (χ2n) is 6.93. The third-order valence-corrected chi connectivity index (χ3v) is 5.36. The number of carbonyl (C=O) groups is 1. The zero-order valence-electron chi connectivity index (χ0n) is 15.8. The minimum atomic E-state index is -0.674. The quantitative estimate of drug-likeness (QED) is 0.511. The summed E-state index contributed by atoms with van der Waals surface area (Å²) < 4.78 is 14.9. The summed E-state index contributed by atoms with van der Waals surface area (Å²) in [6, 6.07) is 7.61. The third-order valence-electron chi connectivity index (χ3n) is 5.36. The predicted molar refractivity (Wildman–Crippen MR) is 103 cm³/mol. The van der Waals surface area contributed by atoms with Gasteiger partial charge in [-0.25, -0.2) is 9.78 Å². The number of nitrogens with zero attached hydrogens (tertiary/aromatic N) is 6. The van der Waals surface area contributed by atoms with E-state index >= 15 is 0 Å². The van der Waals surface area contributed by atoms with Crippen LogP contribution in [0.25, 0.3) is 27.9 Å². The summed E-state index contributed by atoms with van der Waals surface area (Å²) in [5.41, 5.74) is 2.52. The number of benzene rings is 1. The molecule has 2 unspecified atom stereocenters. The van der Waals surface area contributed by atoms with Crippen molar-refractivity contribution in [1.82, 2.24) is 28.9 Å². The van der Waals surface area contributed by atoms with E-state index in [0.717, 1.165) is 22.1 Å². The van der Waals surface area contributed by atoms with Gasteiger partial charge in [0, 0.05) is 6.61 Å². The molecular weight excluding hydrogens is 376 g/mol. The molecule has 0 spiro atoms. The molecule has 1 fully saturated rings. The van der Waals surface area contributed by atoms with Gasteiger partial charge in [-0.3, -0.25) is 13.8 Å². The fraction of sp³-hybridized carbons (Fsp3) is 0.316. The molecule has 1 aromatic carbocycles. The Hall–Kier alpha value is -3.53. The Labute approximate surface area is 164 Å². The SMILES string of the molecule is COC(=O)n1cc(-c2ncn3c2c(=O)n(C2CCOC2C)c2ccccc23)nn1. The van der Waals surface area contributed by atoms with E-state index in [9.17, 15) is 9.59 Å². The lowest BCUT2D eigenvalue weighted by atomic mass is 10.1. The summed E-state index contributed by atoms with van der Waals surface area (Å²) in [5, 5.41) is 7.77. The van der Waals surface area contributed by atoms with Crippen LogP contribution < -0.4 is 5.56 Å². The molecule has 1 aliphatic heterocycles. The normalized spacial score (nSPS) is 19.2. The number of carbonyl (C=O) groups excluding carboxylic acids is 1. The molecule has 2 atom stereocenters. The van der Waals surface area contributed by atoms with Crippen molar-refractivity contribution in [3.8, 4) is 11.4 Å². The molecule has 0 N–H and O–H groups in total. The first-order valence-corrected chi connectivity index (χ1v) is 9.23. The van der Waals surface area contributed by atoms with Crippen molar-refractivity contribution >= 4 is 22.6 Å². The van der Waals surface area contributed by atoms with Gasteiger partial charge in [0.15, 0.2) is 0 Å². The van der Waals surface area contributed by atoms with E-state index < -0.39 is 6.09 Å². The molecule has 1 aliphatic rings. The van der Waals surface area contributed by atoms with E-state index in [4.69, 9.17) is 4.74 Å². The molecule has 148 valence electrons. The highest BCUT2D eigenvalue weighted by molar-refractivity contribution is 5.84. The first-order chi connectivity index (χ1) is 14.1. The number of hydrogen-bond donors (Lipinski definition) is 0. The van der Waals surface area contributed by atoms with E-state index in [2.05, 4.69) is 20.0 Å². The van der Waals surface area contributed by atoms with Gasteiger partial charge >= 0.3 is 6.09 Å². The van der Waals surface area contributed by atoms with Gasteiger partial charge in [0.2, 0.25) is 0 Å². The van der Waals surface area contributed by atoms with Crippen molar-refractivity contribution in [2.45, 2.75) is 25.5 Å². The van der Waals surface area contributed by atoms with Crippen molar-refractivity contribution < 1.29 is 14.3 Å². The number of hydrogen-bond acceptors (Lipinski definition) is 7. The summed E-state index contributed by atoms with van der Waals surface area (Å²) in [7, 11) is 1.26. The smallest absolute Gasteiger partial charge is 0.435 e. The molecule has 10 heteroatoms. The molecule has 3 aromatic heterocycles. The standard InChI is InChI=1S/C19H18N6O4/c1-11-13(7-8-29-11)25-15-6-4-3-5-14(15)23-10-20-16(17(23)18(25)26)12-9-24(22-21-12)19(27)28-2/h3-6,9-11,13H,7-8H2,1-2H3. The maximum Gasteiger partial charge on any atom is 0.435 e. The molecule has 5 rings (SSSR count). The summed E-state index contributed by atoms with van der Waals surface area (Å²) in [5.74, 6) is 0. The molecule has 29 heavy (non-hydrogen) atoms. The summed E-state index contributed by atoms with van der Waals surface area (Å²) in [4.78, 5) is 29.7. The van der Waals surface area contributed by atoms with Gasteiger partial charge in [-0.1, -0.05) is 17.3 Å². The highest BCUT2D eigenvalue weighted by Gasteiger charge is 2.30. The lowest BCUT2D eigenvalue weighted by molar-refractivity contribution is 0.108. The van der Waals surface area contributed by atoms with Crippen molar-refractivity contribution in [1.29, 1.82) is 0 Å². The van der Waals surface area contributed by atoms with Gasteiger partial charge in [0.05, 0.1) is 36.5 Å². The summed E-state index contributed by atoms with van der Waals surface area (Å²) in [6.45, 7) is 2.58. The monoisotopic (exact) mass is 394 g/mol. The molecule has 0 aliphatic carbocycles. The number of fused-ring (bicyclic) bond motifs is 3. The first kappa shape index (κ1) is 17.6. The van der Waals surface area contributed by atoms with E-state index in [-0.39, 0.29) is 17.7 Å². The number of ether oxygens (including phenoxy) is 2. The van der Waals surface area contributed by atoms with Gasteiger partial charge in [0.25, 0.3) is 5.56 Å². The van der Waals surface area contributed by atoms with Crippen LogP contribution in [0.3, 0.4) is 0 Å². The minimum absolute atomic E-state index is 0.0779. The van der Waals surface area contributed by atoms with Crippen LogP contribution >= 0.6 is 0 Å². The molecule has 4 heterocycles.